The van der Waals surface area contributed by atoms with Gasteiger partial charge in [-0.15, -0.1) is 0 Å². The molecule has 5 nitrogen and oxygen atoms in total. The summed E-state index contributed by atoms with van der Waals surface area (Å²) in [4.78, 5) is 0. The van der Waals surface area contributed by atoms with Gasteiger partial charge >= 0.3 is 0 Å². The Morgan fingerprint density at radius 1 is 1.59 bits per heavy atom. The zero-order valence-electron chi connectivity index (χ0n) is 11.2. The Balaban J connectivity index is 3.02. The van der Waals surface area contributed by atoms with Crippen LogP contribution in [0.1, 0.15) is 32.4 Å². The molecule has 0 saturated heterocycles. The van der Waals surface area contributed by atoms with Gasteiger partial charge in [0.2, 0.25) is 0 Å². The highest BCUT2D eigenvalue weighted by Crippen LogP contribution is 2.32. The molecule has 0 saturated carbocycles. The van der Waals surface area contributed by atoms with Crippen LogP contribution in [0.15, 0.2) is 6.20 Å². The second-order valence-corrected chi connectivity index (χ2v) is 4.41. The van der Waals surface area contributed by atoms with Crippen molar-refractivity contribution in [1.29, 1.82) is 0 Å². The van der Waals surface area contributed by atoms with Crippen LogP contribution < -0.4 is 10.1 Å². The van der Waals surface area contributed by atoms with Crippen molar-refractivity contribution in [2.75, 3.05) is 20.7 Å². The molecule has 0 aliphatic carbocycles. The van der Waals surface area contributed by atoms with Crippen molar-refractivity contribution >= 4 is 0 Å². The Bertz CT molecular complexity index is 348. The Hall–Kier alpha value is -1.07. The Morgan fingerprint density at radius 2 is 2.29 bits per heavy atom. The van der Waals surface area contributed by atoms with Gasteiger partial charge in [0.05, 0.1) is 13.3 Å². The third kappa shape index (κ3) is 3.20. The number of methoxy groups -OCH3 is 1. The van der Waals surface area contributed by atoms with Gasteiger partial charge in [0.1, 0.15) is 11.3 Å². The summed E-state index contributed by atoms with van der Waals surface area (Å²) in [6, 6.07) is 0. The van der Waals surface area contributed by atoms with Crippen molar-refractivity contribution in [1.82, 2.24) is 15.1 Å². The van der Waals surface area contributed by atoms with E-state index in [1.165, 1.54) is 0 Å². The minimum absolute atomic E-state index is 0.620. The third-order valence-electron chi connectivity index (χ3n) is 2.83. The number of nitrogens with one attached hydrogen (secondary N) is 1. The quantitative estimate of drug-likeness (QED) is 0.751. The van der Waals surface area contributed by atoms with E-state index < -0.39 is 5.60 Å². The van der Waals surface area contributed by atoms with Crippen LogP contribution in [-0.2, 0) is 12.1 Å². The fraction of sp³-hybridized carbons (Fsp3) is 0.750. The first-order valence-electron chi connectivity index (χ1n) is 6.04. The molecule has 1 unspecified atom stereocenters. The first-order valence-corrected chi connectivity index (χ1v) is 6.04. The van der Waals surface area contributed by atoms with Gasteiger partial charge in [-0.05, 0) is 33.4 Å². The molecule has 0 aliphatic rings. The summed E-state index contributed by atoms with van der Waals surface area (Å²) in [7, 11) is 3.47. The molecule has 0 radical (unpaired) electrons. The second-order valence-electron chi connectivity index (χ2n) is 4.41. The molecule has 0 fully saturated rings. The van der Waals surface area contributed by atoms with Gasteiger partial charge in [-0.2, -0.15) is 5.10 Å². The van der Waals surface area contributed by atoms with Crippen molar-refractivity contribution in [3.8, 4) is 5.75 Å². The van der Waals surface area contributed by atoms with Crippen molar-refractivity contribution in [2.24, 2.45) is 0 Å². The van der Waals surface area contributed by atoms with Gasteiger partial charge in [-0.1, -0.05) is 6.92 Å². The van der Waals surface area contributed by atoms with E-state index in [0.29, 0.717) is 12.2 Å². The number of hydrogen-bond donors (Lipinski definition) is 2. The fourth-order valence-corrected chi connectivity index (χ4v) is 1.93. The van der Waals surface area contributed by atoms with Crippen molar-refractivity contribution in [3.63, 3.8) is 0 Å². The van der Waals surface area contributed by atoms with Gasteiger partial charge in [0, 0.05) is 6.54 Å². The molecular weight excluding hydrogens is 218 g/mol. The zero-order valence-corrected chi connectivity index (χ0v) is 11.2. The standard InChI is InChI=1S/C12H23N3O2/c1-5-8-15-11(10(17-4)9-14-15)12(2,16)6-7-13-3/h9,13,16H,5-8H2,1-4H3. The van der Waals surface area contributed by atoms with Crippen molar-refractivity contribution < 1.29 is 9.84 Å². The maximum absolute atomic E-state index is 10.5. The lowest BCUT2D eigenvalue weighted by atomic mass is 9.97. The predicted molar refractivity (Wildman–Crippen MR) is 67.2 cm³/mol. The van der Waals surface area contributed by atoms with Crippen LogP contribution in [0.25, 0.3) is 0 Å². The van der Waals surface area contributed by atoms with Crippen LogP contribution in [0.4, 0.5) is 0 Å². The van der Waals surface area contributed by atoms with Crippen LogP contribution in [0.2, 0.25) is 0 Å². The molecule has 17 heavy (non-hydrogen) atoms. The van der Waals surface area contributed by atoms with E-state index in [1.807, 2.05) is 11.7 Å². The van der Waals surface area contributed by atoms with Gasteiger partial charge in [-0.3, -0.25) is 4.68 Å². The number of nitrogens with zero attached hydrogens (tertiary/aromatic N) is 2. The first-order chi connectivity index (χ1) is 8.06. The highest BCUT2D eigenvalue weighted by atomic mass is 16.5. The number of aliphatic hydroxyl groups is 1. The van der Waals surface area contributed by atoms with Crippen LogP contribution in [-0.4, -0.2) is 35.6 Å². The summed E-state index contributed by atoms with van der Waals surface area (Å²) in [6.07, 6.45) is 3.26. The molecular formula is C12H23N3O2. The van der Waals surface area contributed by atoms with E-state index in [9.17, 15) is 5.11 Å². The average molecular weight is 241 g/mol. The van der Waals surface area contributed by atoms with Crippen LogP contribution >= 0.6 is 0 Å². The Kier molecular flexibility index (Phi) is 4.96. The smallest absolute Gasteiger partial charge is 0.162 e. The first kappa shape index (κ1) is 14.0. The van der Waals surface area contributed by atoms with E-state index in [0.717, 1.165) is 25.2 Å². The van der Waals surface area contributed by atoms with Crippen LogP contribution in [0.3, 0.4) is 0 Å². The molecule has 0 aliphatic heterocycles. The number of ether oxygens (including phenoxy) is 1. The van der Waals surface area contributed by atoms with Gasteiger partial charge in [0.15, 0.2) is 5.75 Å². The minimum atomic E-state index is -0.931. The van der Waals surface area contributed by atoms with Crippen LogP contribution in [0, 0.1) is 0 Å². The van der Waals surface area contributed by atoms with Crippen molar-refractivity contribution in [2.45, 2.75) is 38.8 Å². The topological polar surface area (TPSA) is 59.3 Å². The molecule has 0 amide bonds. The lowest BCUT2D eigenvalue weighted by molar-refractivity contribution is 0.0365. The van der Waals surface area contributed by atoms with E-state index in [1.54, 1.807) is 20.2 Å². The molecule has 5 heteroatoms. The van der Waals surface area contributed by atoms with E-state index in [4.69, 9.17) is 4.74 Å². The van der Waals surface area contributed by atoms with E-state index in [2.05, 4.69) is 17.3 Å². The number of rotatable bonds is 7. The number of aromatic nitrogens is 2. The summed E-state index contributed by atoms with van der Waals surface area (Å²) < 4.78 is 7.10. The molecule has 1 aromatic heterocycles. The summed E-state index contributed by atoms with van der Waals surface area (Å²) >= 11 is 0. The maximum Gasteiger partial charge on any atom is 0.162 e. The molecule has 2 N–H and O–H groups in total. The average Bonchev–Trinajstić information content (AvgIpc) is 2.71. The predicted octanol–water partition coefficient (Wildman–Crippen LogP) is 1.12. The molecule has 0 aromatic carbocycles. The summed E-state index contributed by atoms with van der Waals surface area (Å²) in [5.74, 6) is 0.652. The fourth-order valence-electron chi connectivity index (χ4n) is 1.93. The second kappa shape index (κ2) is 6.02. The maximum atomic E-state index is 10.5. The summed E-state index contributed by atoms with van der Waals surface area (Å²) in [5, 5.41) is 17.9. The monoisotopic (exact) mass is 241 g/mol. The van der Waals surface area contributed by atoms with E-state index >= 15 is 0 Å². The Labute approximate surface area is 103 Å². The molecule has 0 spiro atoms. The lowest BCUT2D eigenvalue weighted by Gasteiger charge is -2.25. The summed E-state index contributed by atoms with van der Waals surface area (Å²) in [6.45, 7) is 5.41. The largest absolute Gasteiger partial charge is 0.493 e. The normalized spacial score (nSPS) is 14.6. The number of aryl methyl sites for hydroxylation is 1. The van der Waals surface area contributed by atoms with Gasteiger partial charge in [-0.25, -0.2) is 0 Å². The lowest BCUT2D eigenvalue weighted by Crippen LogP contribution is -2.30. The molecule has 1 atom stereocenters. The summed E-state index contributed by atoms with van der Waals surface area (Å²) in [5.41, 5.74) is -0.169. The molecule has 1 rings (SSSR count). The number of hydrogen-bond acceptors (Lipinski definition) is 4. The highest BCUT2D eigenvalue weighted by molar-refractivity contribution is 5.30. The SMILES string of the molecule is CCCn1ncc(OC)c1C(C)(O)CCNC. The van der Waals surface area contributed by atoms with Crippen molar-refractivity contribution in [3.05, 3.63) is 11.9 Å². The Morgan fingerprint density at radius 3 is 2.82 bits per heavy atom. The van der Waals surface area contributed by atoms with Gasteiger partial charge < -0.3 is 15.2 Å². The zero-order chi connectivity index (χ0) is 12.9. The highest BCUT2D eigenvalue weighted by Gasteiger charge is 2.30. The molecule has 1 heterocycles. The third-order valence-corrected chi connectivity index (χ3v) is 2.83. The molecule has 1 aromatic rings. The van der Waals surface area contributed by atoms with E-state index in [-0.39, 0.29) is 0 Å². The molecule has 0 bridgehead atoms. The molecule has 98 valence electrons. The minimum Gasteiger partial charge on any atom is -0.493 e. The van der Waals surface area contributed by atoms with Crippen LogP contribution in [0.5, 0.6) is 5.75 Å². The van der Waals surface area contributed by atoms with Gasteiger partial charge in [0.25, 0.3) is 0 Å².